The Morgan fingerprint density at radius 3 is 2.04 bits per heavy atom. The van der Waals surface area contributed by atoms with Crippen LogP contribution in [0.15, 0.2) is 60.7 Å². The van der Waals surface area contributed by atoms with Gasteiger partial charge in [-0.1, -0.05) is 88.4 Å². The molecule has 4 amide bonds. The molecule has 0 radical (unpaired) electrons. The lowest BCUT2D eigenvalue weighted by Gasteiger charge is -2.46. The smallest absolute Gasteiger partial charge is 0.312 e. The van der Waals surface area contributed by atoms with E-state index in [4.69, 9.17) is 0 Å². The third-order valence-electron chi connectivity index (χ3n) is 10.0. The quantitative estimate of drug-likeness (QED) is 0.317. The van der Waals surface area contributed by atoms with Crippen LogP contribution in [0.1, 0.15) is 64.5 Å². The van der Waals surface area contributed by atoms with E-state index in [0.717, 1.165) is 43.4 Å². The Kier molecular flexibility index (Phi) is 11.7. The molecule has 9 nitrogen and oxygen atoms in total. The molecule has 0 saturated carbocycles. The molecule has 0 aliphatic carbocycles. The summed E-state index contributed by atoms with van der Waals surface area (Å²) < 4.78 is 0. The first-order valence-electron chi connectivity index (χ1n) is 17.6. The second-order valence-electron chi connectivity index (χ2n) is 14.6. The Balaban J connectivity index is 1.37. The van der Waals surface area contributed by atoms with Crippen molar-refractivity contribution in [2.75, 3.05) is 39.3 Å². The number of benzene rings is 2. The van der Waals surface area contributed by atoms with E-state index in [1.165, 1.54) is 0 Å². The van der Waals surface area contributed by atoms with Gasteiger partial charge in [-0.2, -0.15) is 0 Å². The molecule has 0 bridgehead atoms. The maximum absolute atomic E-state index is 14.0. The summed E-state index contributed by atoms with van der Waals surface area (Å²) >= 11 is 0. The Morgan fingerprint density at radius 1 is 0.745 bits per heavy atom. The highest BCUT2D eigenvalue weighted by Gasteiger charge is 2.43. The average Bonchev–Trinajstić information content (AvgIpc) is 3.48. The van der Waals surface area contributed by atoms with Gasteiger partial charge in [0.15, 0.2) is 0 Å². The molecule has 2 aromatic carbocycles. The van der Waals surface area contributed by atoms with Gasteiger partial charge in [0.2, 0.25) is 0 Å². The fourth-order valence-electron chi connectivity index (χ4n) is 7.74. The molecular weight excluding hydrogens is 590 g/mol. The molecule has 9 heteroatoms. The van der Waals surface area contributed by atoms with Gasteiger partial charge in [-0.25, -0.2) is 0 Å². The maximum atomic E-state index is 14.0. The van der Waals surface area contributed by atoms with E-state index < -0.39 is 23.6 Å². The molecule has 3 aliphatic rings. The van der Waals surface area contributed by atoms with Crippen LogP contribution >= 0.6 is 0 Å². The molecule has 3 fully saturated rings. The summed E-state index contributed by atoms with van der Waals surface area (Å²) in [6.45, 7) is 12.1. The van der Waals surface area contributed by atoms with Crippen molar-refractivity contribution in [1.82, 2.24) is 24.9 Å². The highest BCUT2D eigenvalue weighted by molar-refractivity contribution is 6.36. The van der Waals surface area contributed by atoms with Crippen LogP contribution in [0.4, 0.5) is 0 Å². The molecule has 4 atom stereocenters. The van der Waals surface area contributed by atoms with Crippen molar-refractivity contribution in [3.63, 3.8) is 0 Å². The summed E-state index contributed by atoms with van der Waals surface area (Å²) in [6.07, 6.45) is 4.92. The van der Waals surface area contributed by atoms with Crippen LogP contribution in [0, 0.1) is 11.8 Å². The molecule has 3 saturated heterocycles. The lowest BCUT2D eigenvalue weighted by Crippen LogP contribution is -2.64. The number of likely N-dealkylation sites (tertiary alicyclic amines) is 1. The van der Waals surface area contributed by atoms with E-state index in [-0.39, 0.29) is 24.2 Å². The second-order valence-corrected chi connectivity index (χ2v) is 14.6. The van der Waals surface area contributed by atoms with E-state index in [0.29, 0.717) is 57.4 Å². The number of carbonyl (C=O) groups excluding carboxylic acids is 4. The Morgan fingerprint density at radius 2 is 1.38 bits per heavy atom. The third-order valence-corrected chi connectivity index (χ3v) is 10.0. The van der Waals surface area contributed by atoms with E-state index in [2.05, 4.69) is 62.2 Å². The molecule has 1 N–H and O–H groups in total. The zero-order valence-electron chi connectivity index (χ0n) is 28.6. The van der Waals surface area contributed by atoms with E-state index in [1.807, 2.05) is 46.2 Å². The van der Waals surface area contributed by atoms with Gasteiger partial charge in [0.05, 0.1) is 6.04 Å². The fraction of sp³-hybridized carbons (Fsp3) is 0.579. The highest BCUT2D eigenvalue weighted by Crippen LogP contribution is 2.27. The van der Waals surface area contributed by atoms with Gasteiger partial charge in [-0.05, 0) is 68.0 Å². The van der Waals surface area contributed by atoms with Crippen molar-refractivity contribution in [2.45, 2.75) is 90.4 Å². The minimum Gasteiger partial charge on any atom is -0.346 e. The van der Waals surface area contributed by atoms with Gasteiger partial charge in [0.1, 0.15) is 0 Å². The minimum atomic E-state index is -0.526. The molecule has 0 spiro atoms. The van der Waals surface area contributed by atoms with Crippen LogP contribution in [-0.4, -0.2) is 107 Å². The molecular formula is C38H53N5O4. The van der Waals surface area contributed by atoms with Gasteiger partial charge in [0, 0.05) is 50.8 Å². The van der Waals surface area contributed by atoms with Crippen molar-refractivity contribution >= 4 is 23.6 Å². The normalized spacial score (nSPS) is 23.3. The molecule has 254 valence electrons. The standard InChI is InChI=1S/C38H53N5O4/c1-27(2)20-32-23-39-35(44)36(45)42(32)25-31-16-11-18-40(31)24-34(22-30-14-9-6-10-15-30)43-26-33(21-28(3)4)41(37(46)38(43)47)19-17-29-12-7-5-8-13-29/h5-10,12-15,27-28,31-34H,11,16-26H2,1-4H3,(H,39,44)/t31-,32-,33-,34-/m0/s1. The number of rotatable bonds is 14. The number of hydrogen-bond donors (Lipinski definition) is 1. The largest absolute Gasteiger partial charge is 0.346 e. The van der Waals surface area contributed by atoms with Crippen LogP contribution in [0.3, 0.4) is 0 Å². The lowest BCUT2D eigenvalue weighted by atomic mass is 9.95. The number of nitrogens with one attached hydrogen (secondary N) is 1. The SMILES string of the molecule is CC(C)C[C@H]1CNC(=O)C(=O)N1C[C@@H]1CCCN1C[C@H](Cc1ccccc1)N1C[C@H](CC(C)C)N(CCc2ccccc2)C(=O)C1=O. The van der Waals surface area contributed by atoms with Crippen LogP contribution < -0.4 is 5.32 Å². The first-order valence-corrected chi connectivity index (χ1v) is 17.6. The highest BCUT2D eigenvalue weighted by atomic mass is 16.2. The molecule has 2 aromatic rings. The van der Waals surface area contributed by atoms with Crippen molar-refractivity contribution in [2.24, 2.45) is 11.8 Å². The van der Waals surface area contributed by atoms with Crippen LogP contribution in [0.2, 0.25) is 0 Å². The number of piperazine rings is 2. The number of carbonyl (C=O) groups is 4. The van der Waals surface area contributed by atoms with E-state index in [9.17, 15) is 19.2 Å². The minimum absolute atomic E-state index is 0.0253. The van der Waals surface area contributed by atoms with Gasteiger partial charge in [0.25, 0.3) is 0 Å². The van der Waals surface area contributed by atoms with Crippen LogP contribution in [0.25, 0.3) is 0 Å². The molecule has 0 aromatic heterocycles. The van der Waals surface area contributed by atoms with Crippen molar-refractivity contribution in [3.8, 4) is 0 Å². The Labute approximate surface area is 280 Å². The second kappa shape index (κ2) is 15.9. The summed E-state index contributed by atoms with van der Waals surface area (Å²) in [5.41, 5.74) is 2.28. The monoisotopic (exact) mass is 643 g/mol. The summed E-state index contributed by atoms with van der Waals surface area (Å²) in [7, 11) is 0. The first kappa shape index (κ1) is 34.6. The molecule has 3 heterocycles. The van der Waals surface area contributed by atoms with E-state index >= 15 is 0 Å². The Hall–Kier alpha value is -3.72. The van der Waals surface area contributed by atoms with Gasteiger partial charge in [-0.3, -0.25) is 24.1 Å². The van der Waals surface area contributed by atoms with Crippen molar-refractivity contribution < 1.29 is 19.2 Å². The zero-order chi connectivity index (χ0) is 33.5. The average molecular weight is 644 g/mol. The number of amides is 4. The molecule has 47 heavy (non-hydrogen) atoms. The maximum Gasteiger partial charge on any atom is 0.312 e. The summed E-state index contributed by atoms with van der Waals surface area (Å²) in [4.78, 5) is 61.3. The Bertz CT molecular complexity index is 1370. The summed E-state index contributed by atoms with van der Waals surface area (Å²) in [5, 5.41) is 2.78. The number of hydrogen-bond acceptors (Lipinski definition) is 5. The number of nitrogens with zero attached hydrogens (tertiary/aromatic N) is 4. The summed E-state index contributed by atoms with van der Waals surface area (Å²) in [5.74, 6) is -1.03. The zero-order valence-corrected chi connectivity index (χ0v) is 28.6. The summed E-state index contributed by atoms with van der Waals surface area (Å²) in [6, 6.07) is 20.1. The van der Waals surface area contributed by atoms with Gasteiger partial charge >= 0.3 is 23.6 Å². The molecule has 0 unspecified atom stereocenters. The first-order chi connectivity index (χ1) is 22.6. The predicted molar refractivity (Wildman–Crippen MR) is 183 cm³/mol. The van der Waals surface area contributed by atoms with Gasteiger partial charge in [-0.15, -0.1) is 0 Å². The predicted octanol–water partition coefficient (Wildman–Crippen LogP) is 3.76. The van der Waals surface area contributed by atoms with Crippen LogP contribution in [0.5, 0.6) is 0 Å². The van der Waals surface area contributed by atoms with Crippen molar-refractivity contribution in [3.05, 3.63) is 71.8 Å². The van der Waals surface area contributed by atoms with E-state index in [1.54, 1.807) is 4.90 Å². The van der Waals surface area contributed by atoms with Crippen LogP contribution in [-0.2, 0) is 32.0 Å². The lowest BCUT2D eigenvalue weighted by molar-refractivity contribution is -0.161. The molecule has 3 aliphatic heterocycles. The molecule has 5 rings (SSSR count). The van der Waals surface area contributed by atoms with Gasteiger partial charge < -0.3 is 20.0 Å². The third kappa shape index (κ3) is 8.80. The fourth-order valence-corrected chi connectivity index (χ4v) is 7.74. The topological polar surface area (TPSA) is 93.3 Å². The van der Waals surface area contributed by atoms with Crippen molar-refractivity contribution in [1.29, 1.82) is 0 Å².